The molecule has 0 radical (unpaired) electrons. The Morgan fingerprint density at radius 2 is 1.87 bits per heavy atom. The molecule has 12 heteroatoms. The van der Waals surface area contributed by atoms with Gasteiger partial charge in [-0.25, -0.2) is 19.2 Å². The van der Waals surface area contributed by atoms with Gasteiger partial charge in [0.05, 0.1) is 16.6 Å². The molecule has 0 spiro atoms. The second-order valence-electron chi connectivity index (χ2n) is 9.36. The maximum Gasteiger partial charge on any atom is 0.417 e. The van der Waals surface area contributed by atoms with E-state index in [1.54, 1.807) is 18.3 Å². The van der Waals surface area contributed by atoms with E-state index in [2.05, 4.69) is 30.5 Å². The summed E-state index contributed by atoms with van der Waals surface area (Å²) < 4.78 is 56.4. The average Bonchev–Trinajstić information content (AvgIpc) is 3.32. The molecule has 3 heterocycles. The Morgan fingerprint density at radius 1 is 1.10 bits per heavy atom. The fourth-order valence-electron chi connectivity index (χ4n) is 4.56. The molecule has 0 atom stereocenters. The van der Waals surface area contributed by atoms with Crippen LogP contribution in [0.4, 0.5) is 39.5 Å². The van der Waals surface area contributed by atoms with E-state index in [1.165, 1.54) is 30.6 Å². The van der Waals surface area contributed by atoms with Gasteiger partial charge in [-0.1, -0.05) is 23.8 Å². The molecule has 1 aliphatic rings. The number of benzene rings is 2. The summed E-state index contributed by atoms with van der Waals surface area (Å²) in [5, 5.41) is 5.23. The first kappa shape index (κ1) is 26.2. The molecule has 202 valence electrons. The van der Waals surface area contributed by atoms with E-state index in [9.17, 15) is 22.4 Å². The van der Waals surface area contributed by atoms with Gasteiger partial charge in [0.1, 0.15) is 23.6 Å². The van der Waals surface area contributed by atoms with E-state index in [-0.39, 0.29) is 22.8 Å². The molecule has 5 N–H and O–H groups in total. The standard InChI is InChI=1S/C27H25F4N7O/c1-38-8-6-15(7-9-38)10-17-2-4-18(12-20(17)27(29,30)31)36-26(39)37-22-5-3-16(11-21(22)28)19-13-33-25-23(19)24(32)34-14-35-25/h2-5,10-14H,6-9H2,1H3,(H2,36,37,39)(H3,32,33,34,35). The van der Waals surface area contributed by atoms with Gasteiger partial charge in [-0.15, -0.1) is 0 Å². The van der Waals surface area contributed by atoms with Crippen molar-refractivity contribution >= 4 is 40.3 Å². The molecule has 4 aromatic rings. The molecule has 0 saturated carbocycles. The third-order valence-corrected chi connectivity index (χ3v) is 6.63. The number of likely N-dealkylation sites (tertiary alicyclic amines) is 1. The van der Waals surface area contributed by atoms with Crippen LogP contribution in [0.2, 0.25) is 0 Å². The molecule has 2 aromatic carbocycles. The number of aromatic nitrogens is 3. The molecule has 2 amide bonds. The highest BCUT2D eigenvalue weighted by Crippen LogP contribution is 2.36. The first-order chi connectivity index (χ1) is 18.6. The van der Waals surface area contributed by atoms with Crippen molar-refractivity contribution in [1.82, 2.24) is 19.9 Å². The molecule has 39 heavy (non-hydrogen) atoms. The zero-order valence-electron chi connectivity index (χ0n) is 20.9. The predicted octanol–water partition coefficient (Wildman–Crippen LogP) is 6.12. The number of aromatic amines is 1. The Morgan fingerprint density at radius 3 is 2.59 bits per heavy atom. The highest BCUT2D eigenvalue weighted by molar-refractivity contribution is 6.02. The summed E-state index contributed by atoms with van der Waals surface area (Å²) in [6.07, 6.45) is 1.27. The zero-order valence-corrected chi connectivity index (χ0v) is 20.9. The summed E-state index contributed by atoms with van der Waals surface area (Å²) in [4.78, 5) is 25.6. The molecule has 1 aliphatic heterocycles. The van der Waals surface area contributed by atoms with Crippen molar-refractivity contribution in [3.63, 3.8) is 0 Å². The quantitative estimate of drug-likeness (QED) is 0.234. The van der Waals surface area contributed by atoms with Gasteiger partial charge in [-0.2, -0.15) is 13.2 Å². The second-order valence-corrected chi connectivity index (χ2v) is 9.36. The van der Waals surface area contributed by atoms with Crippen LogP contribution in [-0.4, -0.2) is 46.0 Å². The van der Waals surface area contributed by atoms with Crippen LogP contribution < -0.4 is 16.4 Å². The van der Waals surface area contributed by atoms with Crippen LogP contribution in [0.1, 0.15) is 24.0 Å². The molecule has 0 aliphatic carbocycles. The Labute approximate surface area is 220 Å². The lowest BCUT2D eigenvalue weighted by Crippen LogP contribution is -2.26. The van der Waals surface area contributed by atoms with Crippen LogP contribution in [0, 0.1) is 5.82 Å². The van der Waals surface area contributed by atoms with Crippen LogP contribution in [0.15, 0.2) is 54.5 Å². The van der Waals surface area contributed by atoms with E-state index < -0.39 is 23.6 Å². The fraction of sp³-hybridized carbons (Fsp3) is 0.222. The number of carbonyl (C=O) groups is 1. The van der Waals surface area contributed by atoms with Gasteiger partial charge < -0.3 is 26.3 Å². The number of amides is 2. The highest BCUT2D eigenvalue weighted by Gasteiger charge is 2.33. The number of nitrogens with zero attached hydrogens (tertiary/aromatic N) is 3. The topological polar surface area (TPSA) is 112 Å². The minimum Gasteiger partial charge on any atom is -0.383 e. The van der Waals surface area contributed by atoms with Crippen molar-refractivity contribution in [2.24, 2.45) is 0 Å². The van der Waals surface area contributed by atoms with Crippen molar-refractivity contribution in [2.45, 2.75) is 19.0 Å². The molecule has 0 unspecified atom stereocenters. The summed E-state index contributed by atoms with van der Waals surface area (Å²) in [6, 6.07) is 6.83. The first-order valence-corrected chi connectivity index (χ1v) is 12.1. The molecular formula is C27H25F4N7O. The predicted molar refractivity (Wildman–Crippen MR) is 142 cm³/mol. The van der Waals surface area contributed by atoms with Gasteiger partial charge in [0, 0.05) is 30.5 Å². The average molecular weight is 540 g/mol. The number of nitrogens with one attached hydrogen (secondary N) is 3. The number of H-pyrrole nitrogens is 1. The number of rotatable bonds is 4. The number of nitrogens with two attached hydrogens (primary N) is 1. The van der Waals surface area contributed by atoms with Gasteiger partial charge in [0.25, 0.3) is 0 Å². The van der Waals surface area contributed by atoms with Gasteiger partial charge >= 0.3 is 12.2 Å². The zero-order chi connectivity index (χ0) is 27.7. The summed E-state index contributed by atoms with van der Waals surface area (Å²) in [6.45, 7) is 1.57. The van der Waals surface area contributed by atoms with Crippen LogP contribution in [0.25, 0.3) is 28.2 Å². The summed E-state index contributed by atoms with van der Waals surface area (Å²) in [5.41, 5.74) is 7.38. The first-order valence-electron chi connectivity index (χ1n) is 12.1. The number of piperidine rings is 1. The number of nitrogen functional groups attached to an aromatic ring is 1. The van der Waals surface area contributed by atoms with E-state index in [0.717, 1.165) is 24.7 Å². The Hall–Kier alpha value is -4.45. The number of anilines is 3. The van der Waals surface area contributed by atoms with E-state index in [0.29, 0.717) is 35.0 Å². The molecule has 2 aromatic heterocycles. The number of fused-ring (bicyclic) bond motifs is 1. The summed E-state index contributed by atoms with van der Waals surface area (Å²) in [5.74, 6) is -0.520. The molecule has 8 nitrogen and oxygen atoms in total. The normalized spacial score (nSPS) is 14.4. The highest BCUT2D eigenvalue weighted by atomic mass is 19.4. The number of carbonyl (C=O) groups excluding carboxylic acids is 1. The number of hydrogen-bond acceptors (Lipinski definition) is 5. The Kier molecular flexibility index (Phi) is 6.96. The maximum absolute atomic E-state index is 14.9. The third kappa shape index (κ3) is 5.70. The van der Waals surface area contributed by atoms with Crippen molar-refractivity contribution < 1.29 is 22.4 Å². The number of urea groups is 1. The lowest BCUT2D eigenvalue weighted by Gasteiger charge is -2.24. The minimum atomic E-state index is -4.62. The number of halogens is 4. The van der Waals surface area contributed by atoms with Crippen molar-refractivity contribution in [2.75, 3.05) is 36.5 Å². The lowest BCUT2D eigenvalue weighted by molar-refractivity contribution is -0.137. The number of hydrogen-bond donors (Lipinski definition) is 4. The number of alkyl halides is 3. The van der Waals surface area contributed by atoms with Gasteiger partial charge in [-0.3, -0.25) is 0 Å². The molecular weight excluding hydrogens is 514 g/mol. The summed E-state index contributed by atoms with van der Waals surface area (Å²) in [7, 11) is 1.97. The third-order valence-electron chi connectivity index (χ3n) is 6.63. The monoisotopic (exact) mass is 539 g/mol. The van der Waals surface area contributed by atoms with Gasteiger partial charge in [0.15, 0.2) is 0 Å². The maximum atomic E-state index is 14.9. The van der Waals surface area contributed by atoms with Crippen molar-refractivity contribution in [3.8, 4) is 11.1 Å². The SMILES string of the molecule is CN1CCC(=Cc2ccc(NC(=O)Nc3ccc(-c4c[nH]c5ncnc(N)c45)cc3F)cc2C(F)(F)F)CC1. The van der Waals surface area contributed by atoms with Crippen molar-refractivity contribution in [3.05, 3.63) is 71.4 Å². The fourth-order valence-corrected chi connectivity index (χ4v) is 4.56. The van der Waals surface area contributed by atoms with E-state index in [4.69, 9.17) is 5.73 Å². The molecule has 0 bridgehead atoms. The molecule has 1 fully saturated rings. The van der Waals surface area contributed by atoms with E-state index >= 15 is 0 Å². The van der Waals surface area contributed by atoms with Crippen LogP contribution in [-0.2, 0) is 6.18 Å². The minimum absolute atomic E-state index is 0.0398. The largest absolute Gasteiger partial charge is 0.417 e. The van der Waals surface area contributed by atoms with Crippen molar-refractivity contribution in [1.29, 1.82) is 0 Å². The lowest BCUT2D eigenvalue weighted by atomic mass is 9.98. The summed E-state index contributed by atoms with van der Waals surface area (Å²) >= 11 is 0. The Bertz CT molecular complexity index is 1570. The van der Waals surface area contributed by atoms with Crippen LogP contribution >= 0.6 is 0 Å². The molecule has 1 saturated heterocycles. The molecule has 5 rings (SSSR count). The van der Waals surface area contributed by atoms with Crippen LogP contribution in [0.5, 0.6) is 0 Å². The Balaban J connectivity index is 1.32. The van der Waals surface area contributed by atoms with Gasteiger partial charge in [-0.05, 0) is 55.3 Å². The van der Waals surface area contributed by atoms with Crippen LogP contribution in [0.3, 0.4) is 0 Å². The van der Waals surface area contributed by atoms with Gasteiger partial charge in [0.2, 0.25) is 0 Å². The van der Waals surface area contributed by atoms with E-state index in [1.807, 2.05) is 7.05 Å². The second kappa shape index (κ2) is 10.4. The smallest absolute Gasteiger partial charge is 0.383 e.